The summed E-state index contributed by atoms with van der Waals surface area (Å²) in [6.45, 7) is 8.92. The van der Waals surface area contributed by atoms with Crippen molar-refractivity contribution in [2.24, 2.45) is 0 Å². The van der Waals surface area contributed by atoms with E-state index in [1.807, 2.05) is 40.8 Å². The van der Waals surface area contributed by atoms with Crippen molar-refractivity contribution in [3.63, 3.8) is 0 Å². The van der Waals surface area contributed by atoms with Crippen LogP contribution in [-0.2, 0) is 21.3 Å². The van der Waals surface area contributed by atoms with Crippen LogP contribution in [0, 0.1) is 13.8 Å². The van der Waals surface area contributed by atoms with E-state index in [4.69, 9.17) is 4.74 Å². The second-order valence-electron chi connectivity index (χ2n) is 5.39. The van der Waals surface area contributed by atoms with E-state index in [1.165, 1.54) is 0 Å². The monoisotopic (exact) mass is 314 g/mol. The Morgan fingerprint density at radius 2 is 1.86 bits per heavy atom. The minimum atomic E-state index is -3.50. The van der Waals surface area contributed by atoms with Crippen molar-refractivity contribution in [2.75, 3.05) is 20.2 Å². The fraction of sp³-hybridized carbons (Fsp3) is 0.600. The van der Waals surface area contributed by atoms with Crippen LogP contribution in [0.5, 0.6) is 0 Å². The first kappa shape index (κ1) is 18.1. The number of ether oxygens (including phenoxy) is 1. The Labute approximate surface area is 128 Å². The molecule has 120 valence electrons. The fourth-order valence-corrected chi connectivity index (χ4v) is 3.38. The van der Waals surface area contributed by atoms with E-state index < -0.39 is 10.0 Å². The van der Waals surface area contributed by atoms with Gasteiger partial charge in [0.25, 0.3) is 0 Å². The number of aryl methyl sites for hydroxylation is 2. The van der Waals surface area contributed by atoms with Gasteiger partial charge in [0.05, 0.1) is 17.6 Å². The lowest BCUT2D eigenvalue weighted by molar-refractivity contribution is 0.0834. The predicted octanol–water partition coefficient (Wildman–Crippen LogP) is 1.73. The molecular formula is C15H26N2O3S. The highest BCUT2D eigenvalue weighted by Gasteiger charge is 2.18. The van der Waals surface area contributed by atoms with Crippen LogP contribution in [-0.4, -0.2) is 34.7 Å². The fourth-order valence-electron chi connectivity index (χ4n) is 2.09. The molecule has 0 atom stereocenters. The first-order valence-electron chi connectivity index (χ1n) is 7.14. The molecule has 0 saturated carbocycles. The van der Waals surface area contributed by atoms with Crippen LogP contribution < -0.4 is 10.0 Å². The van der Waals surface area contributed by atoms with Gasteiger partial charge in [0.15, 0.2) is 0 Å². The topological polar surface area (TPSA) is 67.4 Å². The predicted molar refractivity (Wildman–Crippen MR) is 85.0 cm³/mol. The van der Waals surface area contributed by atoms with Crippen LogP contribution in [0.1, 0.15) is 30.5 Å². The zero-order valence-electron chi connectivity index (χ0n) is 13.5. The normalized spacial score (nSPS) is 12.1. The molecule has 0 aliphatic heterocycles. The van der Waals surface area contributed by atoms with Crippen molar-refractivity contribution in [3.05, 3.63) is 28.8 Å². The number of sulfonamides is 1. The zero-order valence-corrected chi connectivity index (χ0v) is 14.3. The van der Waals surface area contributed by atoms with Gasteiger partial charge in [-0.25, -0.2) is 13.1 Å². The number of hydrogen-bond donors (Lipinski definition) is 2. The third-order valence-electron chi connectivity index (χ3n) is 3.14. The smallest absolute Gasteiger partial charge is 0.240 e. The summed E-state index contributed by atoms with van der Waals surface area (Å²) in [6, 6.07) is 3.65. The second kappa shape index (κ2) is 7.89. The lowest BCUT2D eigenvalue weighted by Gasteiger charge is -2.14. The van der Waals surface area contributed by atoms with Gasteiger partial charge in [-0.1, -0.05) is 6.07 Å². The Bertz CT molecular complexity index is 569. The summed E-state index contributed by atoms with van der Waals surface area (Å²) in [4.78, 5) is 0.336. The molecule has 1 aromatic rings. The van der Waals surface area contributed by atoms with Crippen LogP contribution >= 0.6 is 0 Å². The maximum atomic E-state index is 12.4. The van der Waals surface area contributed by atoms with Crippen LogP contribution in [0.15, 0.2) is 17.0 Å². The van der Waals surface area contributed by atoms with Crippen LogP contribution in [0.4, 0.5) is 0 Å². The number of hydrogen-bond acceptors (Lipinski definition) is 4. The molecule has 0 aromatic heterocycles. The van der Waals surface area contributed by atoms with Crippen molar-refractivity contribution in [3.8, 4) is 0 Å². The van der Waals surface area contributed by atoms with Crippen LogP contribution in [0.3, 0.4) is 0 Å². The quantitative estimate of drug-likeness (QED) is 0.717. The van der Waals surface area contributed by atoms with Gasteiger partial charge in [-0.15, -0.1) is 0 Å². The van der Waals surface area contributed by atoms with Crippen molar-refractivity contribution in [1.82, 2.24) is 10.0 Å². The van der Waals surface area contributed by atoms with E-state index in [0.717, 1.165) is 16.7 Å². The molecule has 2 N–H and O–H groups in total. The van der Waals surface area contributed by atoms with E-state index in [0.29, 0.717) is 18.0 Å². The maximum absolute atomic E-state index is 12.4. The molecule has 1 rings (SSSR count). The Hall–Kier alpha value is -0.950. The average molecular weight is 314 g/mol. The molecule has 0 fully saturated rings. The highest BCUT2D eigenvalue weighted by Crippen LogP contribution is 2.20. The zero-order chi connectivity index (χ0) is 16.0. The first-order valence-corrected chi connectivity index (χ1v) is 8.62. The average Bonchev–Trinajstić information content (AvgIpc) is 2.37. The van der Waals surface area contributed by atoms with E-state index in [1.54, 1.807) is 6.07 Å². The summed E-state index contributed by atoms with van der Waals surface area (Å²) in [5.74, 6) is 0. The molecule has 21 heavy (non-hydrogen) atoms. The van der Waals surface area contributed by atoms with E-state index >= 15 is 0 Å². The van der Waals surface area contributed by atoms with Gasteiger partial charge in [-0.05, 0) is 57.5 Å². The minimum Gasteiger partial charge on any atom is -0.377 e. The third kappa shape index (κ3) is 5.39. The Balaban J connectivity index is 2.89. The molecule has 0 aliphatic carbocycles. The molecule has 0 amide bonds. The summed E-state index contributed by atoms with van der Waals surface area (Å²) in [5.41, 5.74) is 2.83. The van der Waals surface area contributed by atoms with Crippen LogP contribution in [0.25, 0.3) is 0 Å². The summed E-state index contributed by atoms with van der Waals surface area (Å²) < 4.78 is 32.7. The largest absolute Gasteiger partial charge is 0.377 e. The van der Waals surface area contributed by atoms with Crippen molar-refractivity contribution >= 4 is 10.0 Å². The summed E-state index contributed by atoms with van der Waals surface area (Å²) in [6.07, 6.45) is 0.0952. The Kier molecular flexibility index (Phi) is 6.80. The van der Waals surface area contributed by atoms with Crippen LogP contribution in [0.2, 0.25) is 0 Å². The number of rotatable bonds is 8. The van der Waals surface area contributed by atoms with E-state index in [-0.39, 0.29) is 12.6 Å². The lowest BCUT2D eigenvalue weighted by Crippen LogP contribution is -2.29. The highest BCUT2D eigenvalue weighted by atomic mass is 32.2. The molecule has 0 aliphatic rings. The molecule has 0 unspecified atom stereocenters. The van der Waals surface area contributed by atoms with E-state index in [9.17, 15) is 8.42 Å². The van der Waals surface area contributed by atoms with Gasteiger partial charge in [0, 0.05) is 13.1 Å². The van der Waals surface area contributed by atoms with Crippen molar-refractivity contribution < 1.29 is 13.2 Å². The minimum absolute atomic E-state index is 0.0952. The molecule has 0 bridgehead atoms. The Morgan fingerprint density at radius 3 is 2.43 bits per heavy atom. The summed E-state index contributed by atoms with van der Waals surface area (Å²) in [7, 11) is -1.66. The second-order valence-corrected chi connectivity index (χ2v) is 7.13. The SMILES string of the molecule is CNCc1cc(S(=O)(=O)NCCOC(C)C)c(C)cc1C. The molecule has 0 heterocycles. The Morgan fingerprint density at radius 1 is 1.19 bits per heavy atom. The molecule has 6 heteroatoms. The van der Waals surface area contributed by atoms with E-state index in [2.05, 4.69) is 10.0 Å². The van der Waals surface area contributed by atoms with Crippen molar-refractivity contribution in [2.45, 2.75) is 45.2 Å². The first-order chi connectivity index (χ1) is 9.77. The lowest BCUT2D eigenvalue weighted by atomic mass is 10.1. The van der Waals surface area contributed by atoms with Gasteiger partial charge in [-0.2, -0.15) is 0 Å². The van der Waals surface area contributed by atoms with Gasteiger partial charge in [-0.3, -0.25) is 0 Å². The number of benzene rings is 1. The highest BCUT2D eigenvalue weighted by molar-refractivity contribution is 7.89. The third-order valence-corrected chi connectivity index (χ3v) is 4.74. The molecule has 0 radical (unpaired) electrons. The van der Waals surface area contributed by atoms with Gasteiger partial charge in [0.2, 0.25) is 10.0 Å². The standard InChI is InChI=1S/C15H26N2O3S/c1-11(2)20-7-6-17-21(18,19)15-9-14(10-16-5)12(3)8-13(15)4/h8-9,11,16-17H,6-7,10H2,1-5H3. The van der Waals surface area contributed by atoms with Crippen molar-refractivity contribution in [1.29, 1.82) is 0 Å². The summed E-state index contributed by atoms with van der Waals surface area (Å²) in [5, 5.41) is 3.05. The number of nitrogens with one attached hydrogen (secondary N) is 2. The molecule has 1 aromatic carbocycles. The van der Waals surface area contributed by atoms with Gasteiger partial charge < -0.3 is 10.1 Å². The maximum Gasteiger partial charge on any atom is 0.240 e. The molecular weight excluding hydrogens is 288 g/mol. The van der Waals surface area contributed by atoms with Gasteiger partial charge >= 0.3 is 0 Å². The van der Waals surface area contributed by atoms with Gasteiger partial charge in [0.1, 0.15) is 0 Å². The molecule has 5 nitrogen and oxygen atoms in total. The molecule has 0 saturated heterocycles. The summed E-state index contributed by atoms with van der Waals surface area (Å²) >= 11 is 0. The molecule has 0 spiro atoms.